The summed E-state index contributed by atoms with van der Waals surface area (Å²) in [5, 5.41) is 0. The summed E-state index contributed by atoms with van der Waals surface area (Å²) in [7, 11) is 1.60. The van der Waals surface area contributed by atoms with Gasteiger partial charge in [0.25, 0.3) is 0 Å². The maximum absolute atomic E-state index is 4.78. The molecule has 0 atom stereocenters. The molecule has 1 radical (unpaired) electrons. The summed E-state index contributed by atoms with van der Waals surface area (Å²) in [6.45, 7) is 4.09. The van der Waals surface area contributed by atoms with Crippen molar-refractivity contribution in [1.82, 2.24) is 0 Å². The predicted molar refractivity (Wildman–Crippen MR) is 27.6 cm³/mol. The van der Waals surface area contributed by atoms with Crippen LogP contribution in [0, 0.1) is 6.61 Å². The number of ether oxygens (including phenoxy) is 2. The smallest absolute Gasteiger partial charge is 0.146 e. The van der Waals surface area contributed by atoms with Crippen molar-refractivity contribution in [2.45, 2.75) is 13.3 Å². The van der Waals surface area contributed by atoms with Crippen LogP contribution >= 0.6 is 0 Å². The van der Waals surface area contributed by atoms with Crippen molar-refractivity contribution in [3.63, 3.8) is 0 Å². The van der Waals surface area contributed by atoms with Gasteiger partial charge in [0.15, 0.2) is 0 Å². The molecule has 0 aliphatic heterocycles. The second kappa shape index (κ2) is 5.92. The minimum atomic E-state index is 0.369. The molecular weight excluding hydrogens is 92.1 g/mol. The van der Waals surface area contributed by atoms with Crippen LogP contribution in [0.5, 0.6) is 0 Å². The van der Waals surface area contributed by atoms with Gasteiger partial charge in [0.05, 0.1) is 6.61 Å². The minimum absolute atomic E-state index is 0.369. The molecule has 43 valence electrons. The minimum Gasteiger partial charge on any atom is -0.359 e. The van der Waals surface area contributed by atoms with E-state index in [1.54, 1.807) is 13.7 Å². The van der Waals surface area contributed by atoms with Crippen LogP contribution in [-0.4, -0.2) is 13.9 Å². The summed E-state index contributed by atoms with van der Waals surface area (Å²) in [6, 6.07) is 0. The van der Waals surface area contributed by atoms with E-state index >= 15 is 0 Å². The fourth-order valence-electron chi connectivity index (χ4n) is 0.234. The summed E-state index contributed by atoms with van der Waals surface area (Å²) in [5.41, 5.74) is 0. The van der Waals surface area contributed by atoms with Crippen LogP contribution in [0.15, 0.2) is 0 Å². The van der Waals surface area contributed by atoms with Crippen LogP contribution in [-0.2, 0) is 9.47 Å². The highest BCUT2D eigenvalue weighted by Gasteiger charge is 1.78. The largest absolute Gasteiger partial charge is 0.359 e. The lowest BCUT2D eigenvalue weighted by atomic mass is 10.5. The van der Waals surface area contributed by atoms with Gasteiger partial charge in [0, 0.05) is 7.11 Å². The molecule has 2 nitrogen and oxygen atoms in total. The number of methoxy groups -OCH3 is 1. The lowest BCUT2D eigenvalue weighted by Gasteiger charge is -1.95. The number of hydrogen-bond acceptors (Lipinski definition) is 2. The van der Waals surface area contributed by atoms with Crippen molar-refractivity contribution >= 4 is 0 Å². The molecule has 0 heterocycles. The van der Waals surface area contributed by atoms with Gasteiger partial charge >= 0.3 is 0 Å². The quantitative estimate of drug-likeness (QED) is 0.393. The molecule has 0 aromatic carbocycles. The molecule has 2 heteroatoms. The Balaban J connectivity index is 2.45. The van der Waals surface area contributed by atoms with Crippen molar-refractivity contribution in [3.05, 3.63) is 6.61 Å². The Bertz CT molecular complexity index is 25.3. The Labute approximate surface area is 44.4 Å². The van der Waals surface area contributed by atoms with E-state index in [9.17, 15) is 0 Å². The van der Waals surface area contributed by atoms with Gasteiger partial charge in [-0.2, -0.15) is 0 Å². The lowest BCUT2D eigenvalue weighted by molar-refractivity contribution is -0.00192. The zero-order valence-electron chi connectivity index (χ0n) is 4.81. The molecule has 0 aliphatic rings. The molecular formula is C5H11O2. The Kier molecular flexibility index (Phi) is 5.85. The summed E-state index contributed by atoms with van der Waals surface area (Å²) in [5.74, 6) is 0. The fraction of sp³-hybridized carbons (Fsp3) is 0.800. The first-order valence-electron chi connectivity index (χ1n) is 2.34. The molecule has 0 amide bonds. The molecule has 0 spiro atoms. The lowest BCUT2D eigenvalue weighted by Crippen LogP contribution is -1.91. The first-order chi connectivity index (χ1) is 3.41. The average Bonchev–Trinajstić information content (AvgIpc) is 1.69. The molecule has 0 aromatic rings. The van der Waals surface area contributed by atoms with Gasteiger partial charge < -0.3 is 9.47 Å². The molecule has 0 aliphatic carbocycles. The average molecular weight is 103 g/mol. The predicted octanol–water partition coefficient (Wildman–Crippen LogP) is 1.18. The summed E-state index contributed by atoms with van der Waals surface area (Å²) >= 11 is 0. The molecule has 0 saturated heterocycles. The zero-order valence-corrected chi connectivity index (χ0v) is 4.81. The van der Waals surface area contributed by atoms with Gasteiger partial charge in [-0.25, -0.2) is 0 Å². The molecule has 0 N–H and O–H groups in total. The summed E-state index contributed by atoms with van der Waals surface area (Å²) < 4.78 is 9.38. The van der Waals surface area contributed by atoms with Crippen molar-refractivity contribution in [3.8, 4) is 0 Å². The van der Waals surface area contributed by atoms with Crippen LogP contribution in [0.2, 0.25) is 0 Å². The van der Waals surface area contributed by atoms with Gasteiger partial charge in [-0.3, -0.25) is 0 Å². The van der Waals surface area contributed by atoms with Crippen molar-refractivity contribution in [1.29, 1.82) is 0 Å². The molecule has 0 rings (SSSR count). The summed E-state index contributed by atoms with van der Waals surface area (Å²) in [6.07, 6.45) is 0.934. The van der Waals surface area contributed by atoms with Crippen LogP contribution in [0.4, 0.5) is 0 Å². The van der Waals surface area contributed by atoms with Crippen molar-refractivity contribution < 1.29 is 9.47 Å². The Morgan fingerprint density at radius 3 is 2.71 bits per heavy atom. The Morgan fingerprint density at radius 2 is 2.29 bits per heavy atom. The third kappa shape index (κ3) is 5.92. The Hall–Kier alpha value is -0.0800. The second-order valence-electron chi connectivity index (χ2n) is 1.15. The highest BCUT2D eigenvalue weighted by molar-refractivity contribution is 4.39. The van der Waals surface area contributed by atoms with E-state index in [1.165, 1.54) is 0 Å². The zero-order chi connectivity index (χ0) is 5.54. The van der Waals surface area contributed by atoms with E-state index in [2.05, 4.69) is 4.74 Å². The third-order valence-electron chi connectivity index (χ3n) is 0.470. The van der Waals surface area contributed by atoms with Crippen LogP contribution in [0.25, 0.3) is 0 Å². The highest BCUT2D eigenvalue weighted by atomic mass is 16.7. The normalized spacial score (nSPS) is 9.43. The van der Waals surface area contributed by atoms with Gasteiger partial charge in [-0.05, 0) is 6.42 Å². The van der Waals surface area contributed by atoms with E-state index in [4.69, 9.17) is 4.74 Å². The maximum Gasteiger partial charge on any atom is 0.146 e. The van der Waals surface area contributed by atoms with Gasteiger partial charge in [-0.15, -0.1) is 0 Å². The molecule has 0 saturated carbocycles. The fourth-order valence-corrected chi connectivity index (χ4v) is 0.234. The first-order valence-corrected chi connectivity index (χ1v) is 2.34. The van der Waals surface area contributed by atoms with Crippen LogP contribution < -0.4 is 0 Å². The van der Waals surface area contributed by atoms with E-state index < -0.39 is 0 Å². The van der Waals surface area contributed by atoms with Crippen LogP contribution in [0.3, 0.4) is 0 Å². The molecule has 0 bridgehead atoms. The standard InChI is InChI=1S/C5H11O2/c1-3-4-7-5-6-2/h4H,3,5H2,1-2H3. The van der Waals surface area contributed by atoms with E-state index in [0.717, 1.165) is 6.42 Å². The molecule has 0 fully saturated rings. The van der Waals surface area contributed by atoms with Gasteiger partial charge in [-0.1, -0.05) is 6.92 Å². The second-order valence-corrected chi connectivity index (χ2v) is 1.15. The monoisotopic (exact) mass is 103 g/mol. The van der Waals surface area contributed by atoms with E-state index in [-0.39, 0.29) is 0 Å². The molecule has 0 aromatic heterocycles. The SMILES string of the molecule is CC[CH]OCOC. The van der Waals surface area contributed by atoms with Crippen LogP contribution in [0.1, 0.15) is 13.3 Å². The first kappa shape index (κ1) is 6.92. The van der Waals surface area contributed by atoms with Crippen molar-refractivity contribution in [2.24, 2.45) is 0 Å². The number of hydrogen-bond donors (Lipinski definition) is 0. The molecule has 0 unspecified atom stereocenters. The van der Waals surface area contributed by atoms with E-state index in [0.29, 0.717) is 6.79 Å². The van der Waals surface area contributed by atoms with Crippen molar-refractivity contribution in [2.75, 3.05) is 13.9 Å². The van der Waals surface area contributed by atoms with Gasteiger partial charge in [0.2, 0.25) is 0 Å². The summed E-state index contributed by atoms with van der Waals surface area (Å²) in [4.78, 5) is 0. The van der Waals surface area contributed by atoms with E-state index in [1.807, 2.05) is 6.92 Å². The Morgan fingerprint density at radius 1 is 1.57 bits per heavy atom. The number of rotatable bonds is 4. The van der Waals surface area contributed by atoms with Gasteiger partial charge in [0.1, 0.15) is 6.79 Å². The highest BCUT2D eigenvalue weighted by Crippen LogP contribution is 1.85. The topological polar surface area (TPSA) is 18.5 Å². The third-order valence-corrected chi connectivity index (χ3v) is 0.470. The maximum atomic E-state index is 4.78. The molecule has 7 heavy (non-hydrogen) atoms.